The van der Waals surface area contributed by atoms with E-state index in [2.05, 4.69) is 15.3 Å². The molecule has 1 atom stereocenters. The van der Waals surface area contributed by atoms with E-state index in [1.54, 1.807) is 12.4 Å². The largest absolute Gasteiger partial charge is 0.488 e. The van der Waals surface area contributed by atoms with Gasteiger partial charge in [0, 0.05) is 24.4 Å². The van der Waals surface area contributed by atoms with Crippen molar-refractivity contribution in [3.63, 3.8) is 0 Å². The van der Waals surface area contributed by atoms with Crippen molar-refractivity contribution >= 4 is 5.91 Å². The van der Waals surface area contributed by atoms with Crippen molar-refractivity contribution < 1.29 is 9.53 Å². The number of nitrogens with zero attached hydrogens (tertiary/aromatic N) is 2. The van der Waals surface area contributed by atoms with Gasteiger partial charge in [-0.1, -0.05) is 48.5 Å². The van der Waals surface area contributed by atoms with Gasteiger partial charge in [0.25, 0.3) is 5.91 Å². The van der Waals surface area contributed by atoms with Crippen LogP contribution in [0.4, 0.5) is 0 Å². The first kappa shape index (κ1) is 15.3. The van der Waals surface area contributed by atoms with Crippen LogP contribution in [0.25, 0.3) is 11.4 Å². The van der Waals surface area contributed by atoms with E-state index in [0.717, 1.165) is 17.7 Å². The van der Waals surface area contributed by atoms with Crippen molar-refractivity contribution in [3.8, 4) is 17.1 Å². The highest BCUT2D eigenvalue weighted by Crippen LogP contribution is 2.27. The van der Waals surface area contributed by atoms with Gasteiger partial charge in [-0.3, -0.25) is 4.79 Å². The van der Waals surface area contributed by atoms with Crippen LogP contribution in [0.5, 0.6) is 5.75 Å². The van der Waals surface area contributed by atoms with Gasteiger partial charge in [0.05, 0.1) is 12.1 Å². The highest BCUT2D eigenvalue weighted by atomic mass is 16.5. The molecule has 1 N–H and O–H groups in total. The standard InChI is InChI=1S/C20H17N3O2/c24-20(23-13-17-10-15-8-4-5-9-18(15)25-17)16-11-21-19(22-12-16)14-6-2-1-3-7-14/h1-9,11-12,17H,10,13H2,(H,23,24)/t17-/m0/s1. The zero-order valence-electron chi connectivity index (χ0n) is 13.6. The van der Waals surface area contributed by atoms with E-state index < -0.39 is 0 Å². The molecule has 1 aliphatic rings. The summed E-state index contributed by atoms with van der Waals surface area (Å²) in [5.41, 5.74) is 2.54. The third-order valence-corrected chi connectivity index (χ3v) is 4.15. The Balaban J connectivity index is 1.36. The van der Waals surface area contributed by atoms with Crippen LogP contribution in [0, 0.1) is 0 Å². The highest BCUT2D eigenvalue weighted by Gasteiger charge is 2.22. The molecule has 0 saturated carbocycles. The Morgan fingerprint density at radius 2 is 1.76 bits per heavy atom. The van der Waals surface area contributed by atoms with Gasteiger partial charge in [-0.2, -0.15) is 0 Å². The average molecular weight is 331 g/mol. The van der Waals surface area contributed by atoms with Gasteiger partial charge in [0.15, 0.2) is 5.82 Å². The molecule has 25 heavy (non-hydrogen) atoms. The summed E-state index contributed by atoms with van der Waals surface area (Å²) in [7, 11) is 0. The van der Waals surface area contributed by atoms with Crippen LogP contribution >= 0.6 is 0 Å². The molecule has 4 rings (SSSR count). The summed E-state index contributed by atoms with van der Waals surface area (Å²) >= 11 is 0. The molecule has 3 aromatic rings. The number of rotatable bonds is 4. The third-order valence-electron chi connectivity index (χ3n) is 4.15. The normalized spacial score (nSPS) is 15.3. The molecule has 0 bridgehead atoms. The number of aromatic nitrogens is 2. The second kappa shape index (κ2) is 6.73. The first-order chi connectivity index (χ1) is 12.3. The Hall–Kier alpha value is -3.21. The molecule has 124 valence electrons. The number of fused-ring (bicyclic) bond motifs is 1. The lowest BCUT2D eigenvalue weighted by Gasteiger charge is -2.11. The van der Waals surface area contributed by atoms with Gasteiger partial charge in [-0.15, -0.1) is 0 Å². The first-order valence-corrected chi connectivity index (χ1v) is 8.20. The average Bonchev–Trinajstić information content (AvgIpc) is 3.10. The van der Waals surface area contributed by atoms with Crippen molar-refractivity contribution in [2.45, 2.75) is 12.5 Å². The van der Waals surface area contributed by atoms with Gasteiger partial charge >= 0.3 is 0 Å². The van der Waals surface area contributed by atoms with E-state index in [9.17, 15) is 4.79 Å². The van der Waals surface area contributed by atoms with Crippen molar-refractivity contribution in [1.82, 2.24) is 15.3 Å². The van der Waals surface area contributed by atoms with E-state index in [0.29, 0.717) is 17.9 Å². The molecular formula is C20H17N3O2. The summed E-state index contributed by atoms with van der Waals surface area (Å²) in [4.78, 5) is 20.8. The SMILES string of the molecule is O=C(NC[C@@H]1Cc2ccccc2O1)c1cnc(-c2ccccc2)nc1. The lowest BCUT2D eigenvalue weighted by Crippen LogP contribution is -2.34. The van der Waals surface area contributed by atoms with Crippen molar-refractivity contribution in [2.75, 3.05) is 6.54 Å². The monoisotopic (exact) mass is 331 g/mol. The second-order valence-corrected chi connectivity index (χ2v) is 5.92. The van der Waals surface area contributed by atoms with Crippen LogP contribution in [-0.2, 0) is 6.42 Å². The number of ether oxygens (including phenoxy) is 1. The number of hydrogen-bond acceptors (Lipinski definition) is 4. The summed E-state index contributed by atoms with van der Waals surface area (Å²) in [5, 5.41) is 2.89. The molecular weight excluding hydrogens is 314 g/mol. The highest BCUT2D eigenvalue weighted by molar-refractivity contribution is 5.93. The number of hydrogen-bond donors (Lipinski definition) is 1. The lowest BCUT2D eigenvalue weighted by atomic mass is 10.1. The molecule has 1 amide bonds. The van der Waals surface area contributed by atoms with E-state index in [1.165, 1.54) is 5.56 Å². The van der Waals surface area contributed by atoms with E-state index in [1.807, 2.05) is 54.6 Å². The topological polar surface area (TPSA) is 64.1 Å². The molecule has 0 saturated heterocycles. The molecule has 0 spiro atoms. The molecule has 2 aromatic carbocycles. The van der Waals surface area contributed by atoms with Crippen LogP contribution in [0.2, 0.25) is 0 Å². The number of nitrogens with one attached hydrogen (secondary N) is 1. The lowest BCUT2D eigenvalue weighted by molar-refractivity contribution is 0.0933. The number of carbonyl (C=O) groups is 1. The van der Waals surface area contributed by atoms with Gasteiger partial charge in [-0.05, 0) is 11.6 Å². The molecule has 0 radical (unpaired) electrons. The van der Waals surface area contributed by atoms with Crippen molar-refractivity contribution in [3.05, 3.63) is 78.1 Å². The summed E-state index contributed by atoms with van der Waals surface area (Å²) in [5.74, 6) is 1.31. The Morgan fingerprint density at radius 1 is 1.04 bits per heavy atom. The fourth-order valence-corrected chi connectivity index (χ4v) is 2.86. The number of amides is 1. The van der Waals surface area contributed by atoms with Crippen molar-refractivity contribution in [1.29, 1.82) is 0 Å². The minimum Gasteiger partial charge on any atom is -0.488 e. The summed E-state index contributed by atoms with van der Waals surface area (Å²) < 4.78 is 5.82. The Morgan fingerprint density at radius 3 is 2.52 bits per heavy atom. The second-order valence-electron chi connectivity index (χ2n) is 5.92. The van der Waals surface area contributed by atoms with Crippen LogP contribution in [0.1, 0.15) is 15.9 Å². The maximum atomic E-state index is 12.3. The summed E-state index contributed by atoms with van der Waals surface area (Å²) in [6.45, 7) is 0.452. The molecule has 0 fully saturated rings. The Bertz CT molecular complexity index is 854. The number of para-hydroxylation sites is 1. The quantitative estimate of drug-likeness (QED) is 0.798. The third kappa shape index (κ3) is 3.35. The minimum atomic E-state index is -0.195. The minimum absolute atomic E-state index is 0.0362. The van der Waals surface area contributed by atoms with Crippen LogP contribution in [0.3, 0.4) is 0 Å². The van der Waals surface area contributed by atoms with E-state index >= 15 is 0 Å². The maximum Gasteiger partial charge on any atom is 0.254 e. The zero-order valence-corrected chi connectivity index (χ0v) is 13.6. The fraction of sp³-hybridized carbons (Fsp3) is 0.150. The fourth-order valence-electron chi connectivity index (χ4n) is 2.86. The predicted molar refractivity (Wildman–Crippen MR) is 94.4 cm³/mol. The van der Waals surface area contributed by atoms with Crippen LogP contribution in [0.15, 0.2) is 67.0 Å². The van der Waals surface area contributed by atoms with E-state index in [-0.39, 0.29) is 12.0 Å². The van der Waals surface area contributed by atoms with E-state index in [4.69, 9.17) is 4.74 Å². The summed E-state index contributed by atoms with van der Waals surface area (Å²) in [6.07, 6.45) is 3.87. The number of carbonyl (C=O) groups excluding carboxylic acids is 1. The molecule has 0 unspecified atom stereocenters. The van der Waals surface area contributed by atoms with Gasteiger partial charge < -0.3 is 10.1 Å². The van der Waals surface area contributed by atoms with Gasteiger partial charge in [0.2, 0.25) is 0 Å². The summed E-state index contributed by atoms with van der Waals surface area (Å²) in [6, 6.07) is 17.6. The first-order valence-electron chi connectivity index (χ1n) is 8.20. The zero-order chi connectivity index (χ0) is 17.1. The van der Waals surface area contributed by atoms with Crippen LogP contribution in [-0.4, -0.2) is 28.5 Å². The van der Waals surface area contributed by atoms with Crippen molar-refractivity contribution in [2.24, 2.45) is 0 Å². The molecule has 5 nitrogen and oxygen atoms in total. The van der Waals surface area contributed by atoms with Gasteiger partial charge in [-0.25, -0.2) is 9.97 Å². The maximum absolute atomic E-state index is 12.3. The molecule has 1 aromatic heterocycles. The number of benzene rings is 2. The smallest absolute Gasteiger partial charge is 0.254 e. The predicted octanol–water partition coefficient (Wildman–Crippen LogP) is 2.88. The Labute approximate surface area is 145 Å². The molecule has 0 aliphatic carbocycles. The van der Waals surface area contributed by atoms with Crippen LogP contribution < -0.4 is 10.1 Å². The molecule has 2 heterocycles. The Kier molecular flexibility index (Phi) is 4.12. The molecule has 1 aliphatic heterocycles. The van der Waals surface area contributed by atoms with Gasteiger partial charge in [0.1, 0.15) is 11.9 Å². The molecule has 5 heteroatoms.